The number of hydrogen-bond donors (Lipinski definition) is 3. The highest BCUT2D eigenvalue weighted by molar-refractivity contribution is 5.96. The first-order valence-corrected chi connectivity index (χ1v) is 4.23. The van der Waals surface area contributed by atoms with E-state index in [-0.39, 0.29) is 0 Å². The molecule has 0 spiro atoms. The second-order valence-electron chi connectivity index (χ2n) is 2.81. The van der Waals surface area contributed by atoms with Crippen molar-refractivity contribution in [2.24, 2.45) is 0 Å². The molecule has 3 N–H and O–H groups in total. The van der Waals surface area contributed by atoms with Gasteiger partial charge in [-0.3, -0.25) is 14.9 Å². The van der Waals surface area contributed by atoms with Crippen LogP contribution in [0.4, 0.5) is 18.0 Å². The Kier molecular flexibility index (Phi) is 5.75. The minimum Gasteiger partial charge on any atom is -0.341 e. The van der Waals surface area contributed by atoms with Crippen LogP contribution in [0.3, 0.4) is 0 Å². The number of hydrogen-bond acceptors (Lipinski definition) is 4. The Hall–Kier alpha value is -1.35. The summed E-state index contributed by atoms with van der Waals surface area (Å²) in [5.41, 5.74) is 1.86. The van der Waals surface area contributed by atoms with Gasteiger partial charge in [-0.1, -0.05) is 0 Å². The van der Waals surface area contributed by atoms with E-state index in [0.29, 0.717) is 0 Å². The number of carbonyl (C=O) groups excluding carboxylic acids is 2. The molecule has 0 radical (unpaired) electrons. The number of hydroxylamine groups is 1. The van der Waals surface area contributed by atoms with E-state index in [4.69, 9.17) is 0 Å². The number of carbonyl (C=O) groups is 2. The maximum absolute atomic E-state index is 11.6. The number of amides is 3. The van der Waals surface area contributed by atoms with E-state index in [1.54, 1.807) is 0 Å². The molecule has 0 aliphatic carbocycles. The minimum atomic E-state index is -4.48. The average molecular weight is 243 g/mol. The van der Waals surface area contributed by atoms with Gasteiger partial charge in [0.1, 0.15) is 6.04 Å². The van der Waals surface area contributed by atoms with Crippen LogP contribution < -0.4 is 16.1 Å². The van der Waals surface area contributed by atoms with Crippen LogP contribution in [0.25, 0.3) is 0 Å². The highest BCUT2D eigenvalue weighted by Crippen LogP contribution is 2.13. The van der Waals surface area contributed by atoms with Crippen molar-refractivity contribution in [1.29, 1.82) is 0 Å². The van der Waals surface area contributed by atoms with Gasteiger partial charge in [0.25, 0.3) is 0 Å². The van der Waals surface area contributed by atoms with Crippen molar-refractivity contribution in [3.05, 3.63) is 0 Å². The molecule has 16 heavy (non-hydrogen) atoms. The highest BCUT2D eigenvalue weighted by Gasteiger charge is 2.28. The first kappa shape index (κ1) is 14.6. The predicted octanol–water partition coefficient (Wildman–Crippen LogP) is -0.0860. The van der Waals surface area contributed by atoms with Gasteiger partial charge in [0.05, 0.1) is 0 Å². The summed E-state index contributed by atoms with van der Waals surface area (Å²) in [5, 5.41) is 3.98. The molecule has 0 saturated carbocycles. The second kappa shape index (κ2) is 6.28. The Morgan fingerprint density at radius 2 is 1.94 bits per heavy atom. The Bertz CT molecular complexity index is 257. The standard InChI is InChI=1S/C7H12F3N3O3/c1-4(5(14)12-6(15)11-2)13-16-3-7(8,9)10/h4,13H,3H2,1-2H3,(H2,11,12,14,15). The van der Waals surface area contributed by atoms with Gasteiger partial charge in [0.2, 0.25) is 5.91 Å². The summed E-state index contributed by atoms with van der Waals surface area (Å²) in [4.78, 5) is 25.8. The van der Waals surface area contributed by atoms with Crippen LogP contribution in [0.15, 0.2) is 0 Å². The molecular weight excluding hydrogens is 231 g/mol. The van der Waals surface area contributed by atoms with Gasteiger partial charge < -0.3 is 5.32 Å². The molecule has 94 valence electrons. The summed E-state index contributed by atoms with van der Waals surface area (Å²) in [5.74, 6) is -0.804. The van der Waals surface area contributed by atoms with Gasteiger partial charge in [0.15, 0.2) is 6.61 Å². The van der Waals surface area contributed by atoms with Gasteiger partial charge in [-0.15, -0.1) is 0 Å². The monoisotopic (exact) mass is 243 g/mol. The van der Waals surface area contributed by atoms with Crippen molar-refractivity contribution < 1.29 is 27.6 Å². The van der Waals surface area contributed by atoms with Crippen LogP contribution in [-0.4, -0.2) is 37.8 Å². The molecule has 1 unspecified atom stereocenters. The van der Waals surface area contributed by atoms with Crippen LogP contribution in [0.1, 0.15) is 6.92 Å². The first-order chi connectivity index (χ1) is 7.26. The van der Waals surface area contributed by atoms with Crippen molar-refractivity contribution in [3.8, 4) is 0 Å². The zero-order chi connectivity index (χ0) is 12.8. The van der Waals surface area contributed by atoms with Crippen molar-refractivity contribution in [3.63, 3.8) is 0 Å². The number of imide groups is 1. The molecule has 0 aromatic heterocycles. The summed E-state index contributed by atoms with van der Waals surface area (Å²) in [6.07, 6.45) is -4.48. The summed E-state index contributed by atoms with van der Waals surface area (Å²) in [6, 6.07) is -1.84. The molecule has 0 rings (SSSR count). The van der Waals surface area contributed by atoms with Crippen LogP contribution in [0.2, 0.25) is 0 Å². The third-order valence-electron chi connectivity index (χ3n) is 1.35. The van der Waals surface area contributed by atoms with E-state index in [9.17, 15) is 22.8 Å². The topological polar surface area (TPSA) is 79.5 Å². The van der Waals surface area contributed by atoms with Crippen LogP contribution in [0, 0.1) is 0 Å². The van der Waals surface area contributed by atoms with Gasteiger partial charge in [-0.2, -0.15) is 18.7 Å². The Morgan fingerprint density at radius 1 is 1.38 bits per heavy atom. The SMILES string of the molecule is CNC(=O)NC(=O)C(C)NOCC(F)(F)F. The Labute approximate surface area is 89.5 Å². The summed E-state index contributed by atoms with van der Waals surface area (Å²) in [6.45, 7) is -0.279. The molecule has 0 aliphatic heterocycles. The Morgan fingerprint density at radius 3 is 2.38 bits per heavy atom. The van der Waals surface area contributed by atoms with Gasteiger partial charge >= 0.3 is 12.2 Å². The van der Waals surface area contributed by atoms with Crippen molar-refractivity contribution in [2.75, 3.05) is 13.7 Å². The highest BCUT2D eigenvalue weighted by atomic mass is 19.4. The number of rotatable bonds is 4. The fourth-order valence-corrected chi connectivity index (χ4v) is 0.585. The molecule has 3 amide bonds. The normalized spacial score (nSPS) is 13.1. The van der Waals surface area contributed by atoms with Gasteiger partial charge in [-0.05, 0) is 6.92 Å². The van der Waals surface area contributed by atoms with E-state index in [0.717, 1.165) is 0 Å². The lowest BCUT2D eigenvalue weighted by atomic mass is 10.3. The maximum atomic E-state index is 11.6. The second-order valence-corrected chi connectivity index (χ2v) is 2.81. The lowest BCUT2D eigenvalue weighted by molar-refractivity contribution is -0.193. The molecule has 0 aromatic carbocycles. The zero-order valence-electron chi connectivity index (χ0n) is 8.64. The predicted molar refractivity (Wildman–Crippen MR) is 47.2 cm³/mol. The zero-order valence-corrected chi connectivity index (χ0v) is 8.64. The number of alkyl halides is 3. The third-order valence-corrected chi connectivity index (χ3v) is 1.35. The van der Waals surface area contributed by atoms with Crippen molar-refractivity contribution in [1.82, 2.24) is 16.1 Å². The molecule has 0 bridgehead atoms. The quantitative estimate of drug-likeness (QED) is 0.603. The van der Waals surface area contributed by atoms with Crippen LogP contribution >= 0.6 is 0 Å². The fourth-order valence-electron chi connectivity index (χ4n) is 0.585. The van der Waals surface area contributed by atoms with Crippen LogP contribution in [-0.2, 0) is 9.63 Å². The summed E-state index contributed by atoms with van der Waals surface area (Å²) in [7, 11) is 1.29. The molecule has 1 atom stereocenters. The first-order valence-electron chi connectivity index (χ1n) is 4.23. The molecule has 0 aromatic rings. The van der Waals surface area contributed by atoms with E-state index >= 15 is 0 Å². The van der Waals surface area contributed by atoms with E-state index < -0.39 is 30.8 Å². The smallest absolute Gasteiger partial charge is 0.341 e. The van der Waals surface area contributed by atoms with E-state index in [1.165, 1.54) is 14.0 Å². The van der Waals surface area contributed by atoms with E-state index in [2.05, 4.69) is 10.2 Å². The largest absolute Gasteiger partial charge is 0.413 e. The average Bonchev–Trinajstić information content (AvgIpc) is 2.15. The van der Waals surface area contributed by atoms with E-state index in [1.807, 2.05) is 10.8 Å². The lowest BCUT2D eigenvalue weighted by Gasteiger charge is -2.14. The number of halogens is 3. The van der Waals surface area contributed by atoms with Crippen LogP contribution in [0.5, 0.6) is 0 Å². The summed E-state index contributed by atoms with van der Waals surface area (Å²) < 4.78 is 34.9. The minimum absolute atomic E-state index is 0.755. The Balaban J connectivity index is 3.84. The number of urea groups is 1. The molecule has 0 saturated heterocycles. The lowest BCUT2D eigenvalue weighted by Crippen LogP contribution is -2.47. The summed E-state index contributed by atoms with van der Waals surface area (Å²) >= 11 is 0. The molecule has 0 aliphatic rings. The fraction of sp³-hybridized carbons (Fsp3) is 0.714. The van der Waals surface area contributed by atoms with Crippen molar-refractivity contribution >= 4 is 11.9 Å². The van der Waals surface area contributed by atoms with Crippen molar-refractivity contribution in [2.45, 2.75) is 19.1 Å². The molecule has 0 heterocycles. The third kappa shape index (κ3) is 7.01. The maximum Gasteiger partial charge on any atom is 0.413 e. The van der Waals surface area contributed by atoms with Gasteiger partial charge in [-0.25, -0.2) is 4.79 Å². The van der Waals surface area contributed by atoms with Gasteiger partial charge in [0, 0.05) is 7.05 Å². The molecular formula is C7H12F3N3O3. The number of nitrogens with one attached hydrogen (secondary N) is 3. The molecule has 6 nitrogen and oxygen atoms in total. The molecule has 0 fully saturated rings. The molecule has 9 heteroatoms.